The summed E-state index contributed by atoms with van der Waals surface area (Å²) in [5.74, 6) is -1.81. The first-order chi connectivity index (χ1) is 13.5. The van der Waals surface area contributed by atoms with Gasteiger partial charge in [-0.15, -0.1) is 0 Å². The molecule has 0 saturated carbocycles. The van der Waals surface area contributed by atoms with Gasteiger partial charge in [0.05, 0.1) is 18.8 Å². The summed E-state index contributed by atoms with van der Waals surface area (Å²) in [7, 11) is 2.14. The molecule has 0 bridgehead atoms. The molecule has 1 fully saturated rings. The van der Waals surface area contributed by atoms with E-state index in [1.165, 1.54) is 24.0 Å². The van der Waals surface area contributed by atoms with Crippen LogP contribution in [0.15, 0.2) is 42.7 Å². The van der Waals surface area contributed by atoms with Gasteiger partial charge in [-0.2, -0.15) is 0 Å². The summed E-state index contributed by atoms with van der Waals surface area (Å²) >= 11 is 0. The van der Waals surface area contributed by atoms with E-state index in [0.29, 0.717) is 18.1 Å². The summed E-state index contributed by atoms with van der Waals surface area (Å²) in [5, 5.41) is 11.3. The van der Waals surface area contributed by atoms with Gasteiger partial charge in [0.2, 0.25) is 0 Å². The maximum Gasteiger partial charge on any atom is 1.00 e. The average Bonchev–Trinajstić information content (AvgIpc) is 2.68. The number of halogens is 1. The molecule has 0 atom stereocenters. The Balaban J connectivity index is 0.00000300. The van der Waals surface area contributed by atoms with E-state index in [1.54, 1.807) is 6.07 Å². The van der Waals surface area contributed by atoms with Crippen LogP contribution >= 0.6 is 0 Å². The Morgan fingerprint density at radius 1 is 1.21 bits per heavy atom. The van der Waals surface area contributed by atoms with E-state index in [4.69, 9.17) is 4.74 Å². The number of likely N-dealkylation sites (tertiary alicyclic amines) is 1. The monoisotopic (exact) mass is 389 g/mol. The number of ether oxygens (including phenoxy) is 1. The maximum atomic E-state index is 14.5. The van der Waals surface area contributed by atoms with Gasteiger partial charge < -0.3 is 19.5 Å². The van der Waals surface area contributed by atoms with E-state index in [1.807, 2.05) is 19.1 Å². The molecular weight excluding hydrogens is 364 g/mol. The number of carbonyl (C=O) groups excluding carboxylic acids is 1. The molecule has 0 aliphatic carbocycles. The van der Waals surface area contributed by atoms with Crippen LogP contribution in [0.4, 0.5) is 4.39 Å². The number of benzene rings is 2. The van der Waals surface area contributed by atoms with Crippen molar-refractivity contribution in [2.24, 2.45) is 0 Å². The third-order valence-electron chi connectivity index (χ3n) is 5.27. The van der Waals surface area contributed by atoms with Crippen molar-refractivity contribution < 1.29 is 37.9 Å². The molecule has 3 rings (SSSR count). The van der Waals surface area contributed by atoms with Crippen molar-refractivity contribution >= 4 is 12.0 Å². The number of carboxylic acids is 1. The van der Waals surface area contributed by atoms with Gasteiger partial charge in [-0.3, -0.25) is 0 Å². The number of carboxylic acid groups (broad SMARTS) is 1. The molecule has 4 nitrogen and oxygen atoms in total. The smallest absolute Gasteiger partial charge is 0.545 e. The average molecular weight is 389 g/mol. The maximum absolute atomic E-state index is 14.5. The fourth-order valence-electron chi connectivity index (χ4n) is 3.65. The first-order valence-corrected chi connectivity index (χ1v) is 9.61. The molecule has 1 heterocycles. The number of hydrogen-bond acceptors (Lipinski definition) is 4. The summed E-state index contributed by atoms with van der Waals surface area (Å²) in [5.41, 5.74) is 2.52. The van der Waals surface area contributed by atoms with Crippen molar-refractivity contribution in [3.05, 3.63) is 65.2 Å². The third kappa shape index (κ3) is 5.73. The molecule has 2 aromatic rings. The molecule has 1 saturated heterocycles. The Bertz CT molecular complexity index is 859. The summed E-state index contributed by atoms with van der Waals surface area (Å²) in [6.07, 6.45) is 5.09. The first kappa shape index (κ1) is 23.2. The molecule has 148 valence electrons. The van der Waals surface area contributed by atoms with Gasteiger partial charge >= 0.3 is 18.9 Å². The standard InChI is InChI=1S/C23H26FNO3.Li/c1-3-28-13-10-19-14-20(15-21(24)22(19)23(26)27)17-6-4-16(5-7-17)18-8-11-25(2)12-9-18;/h4-7,10,13-15,18H,3,8-9,11-12H2,1-2H3,(H,26,27);/q;+1/p-1/b13-10+;. The van der Waals surface area contributed by atoms with E-state index in [9.17, 15) is 14.3 Å². The van der Waals surface area contributed by atoms with Gasteiger partial charge in [0, 0.05) is 5.56 Å². The second kappa shape index (κ2) is 10.6. The van der Waals surface area contributed by atoms with Crippen LogP contribution in [0.1, 0.15) is 47.2 Å². The number of rotatable bonds is 6. The predicted molar refractivity (Wildman–Crippen MR) is 106 cm³/mol. The molecule has 0 spiro atoms. The van der Waals surface area contributed by atoms with Gasteiger partial charge in [-0.25, -0.2) is 4.39 Å². The van der Waals surface area contributed by atoms with Crippen LogP contribution in [-0.4, -0.2) is 37.6 Å². The van der Waals surface area contributed by atoms with Crippen LogP contribution in [-0.2, 0) is 4.74 Å². The normalized spacial score (nSPS) is 15.3. The predicted octanol–water partition coefficient (Wildman–Crippen LogP) is 0.677. The molecule has 0 unspecified atom stereocenters. The number of nitrogens with zero attached hydrogens (tertiary/aromatic N) is 1. The molecule has 29 heavy (non-hydrogen) atoms. The number of carbonyl (C=O) groups is 1. The van der Waals surface area contributed by atoms with Gasteiger partial charge in [0.1, 0.15) is 5.82 Å². The van der Waals surface area contributed by atoms with E-state index >= 15 is 0 Å². The molecule has 2 aromatic carbocycles. The van der Waals surface area contributed by atoms with Crippen molar-refractivity contribution in [1.82, 2.24) is 4.90 Å². The van der Waals surface area contributed by atoms with Gasteiger partial charge in [0.15, 0.2) is 0 Å². The molecule has 0 amide bonds. The largest absolute Gasteiger partial charge is 1.00 e. The van der Waals surface area contributed by atoms with E-state index in [2.05, 4.69) is 24.1 Å². The Morgan fingerprint density at radius 2 is 1.86 bits per heavy atom. The van der Waals surface area contributed by atoms with Crippen molar-refractivity contribution in [3.8, 4) is 11.1 Å². The molecule has 0 radical (unpaired) electrons. The topological polar surface area (TPSA) is 52.6 Å². The molecule has 0 aromatic heterocycles. The SMILES string of the molecule is CCO/C=C/c1cc(-c2ccc(C3CCN(C)CC3)cc2)cc(F)c1C(=O)[O-].[Li+]. The van der Waals surface area contributed by atoms with Crippen LogP contribution in [0.2, 0.25) is 0 Å². The van der Waals surface area contributed by atoms with Crippen LogP contribution in [0, 0.1) is 5.82 Å². The van der Waals surface area contributed by atoms with Crippen LogP contribution in [0.5, 0.6) is 0 Å². The molecular formula is C23H25FLiNO3. The Labute approximate surface area is 183 Å². The fraction of sp³-hybridized carbons (Fsp3) is 0.348. The second-order valence-corrected chi connectivity index (χ2v) is 7.17. The van der Waals surface area contributed by atoms with Gasteiger partial charge in [-0.05, 0) is 86.3 Å². The van der Waals surface area contributed by atoms with Crippen LogP contribution in [0.25, 0.3) is 17.2 Å². The van der Waals surface area contributed by atoms with E-state index in [0.717, 1.165) is 31.5 Å². The second-order valence-electron chi connectivity index (χ2n) is 7.17. The number of hydrogen-bond donors (Lipinski definition) is 0. The van der Waals surface area contributed by atoms with Crippen molar-refractivity contribution in [2.75, 3.05) is 26.7 Å². The fourth-order valence-corrected chi connectivity index (χ4v) is 3.65. The minimum atomic E-state index is -1.54. The number of piperidine rings is 1. The zero-order valence-corrected chi connectivity index (χ0v) is 17.3. The zero-order chi connectivity index (χ0) is 20.1. The van der Waals surface area contributed by atoms with Crippen molar-refractivity contribution in [2.45, 2.75) is 25.7 Å². The Morgan fingerprint density at radius 3 is 2.45 bits per heavy atom. The first-order valence-electron chi connectivity index (χ1n) is 9.61. The minimum Gasteiger partial charge on any atom is -0.545 e. The molecule has 6 heteroatoms. The van der Waals surface area contributed by atoms with E-state index in [-0.39, 0.29) is 24.4 Å². The number of aromatic carboxylic acids is 1. The summed E-state index contributed by atoms with van der Waals surface area (Å²) < 4.78 is 19.6. The summed E-state index contributed by atoms with van der Waals surface area (Å²) in [6, 6.07) is 11.0. The molecule has 0 N–H and O–H groups in total. The van der Waals surface area contributed by atoms with Crippen molar-refractivity contribution in [3.63, 3.8) is 0 Å². The summed E-state index contributed by atoms with van der Waals surface area (Å²) in [6.45, 7) is 4.44. The Kier molecular flexibility index (Phi) is 8.52. The van der Waals surface area contributed by atoms with Gasteiger partial charge in [0.25, 0.3) is 0 Å². The molecule has 1 aliphatic rings. The van der Waals surface area contributed by atoms with Crippen molar-refractivity contribution in [1.29, 1.82) is 0 Å². The minimum absolute atomic E-state index is 0. The Hall–Kier alpha value is -2.06. The van der Waals surface area contributed by atoms with Crippen LogP contribution < -0.4 is 24.0 Å². The van der Waals surface area contributed by atoms with E-state index < -0.39 is 17.3 Å². The molecule has 1 aliphatic heterocycles. The van der Waals surface area contributed by atoms with Gasteiger partial charge in [-0.1, -0.05) is 24.3 Å². The third-order valence-corrected chi connectivity index (χ3v) is 5.27. The quantitative estimate of drug-likeness (QED) is 0.539. The summed E-state index contributed by atoms with van der Waals surface area (Å²) in [4.78, 5) is 13.7. The zero-order valence-electron chi connectivity index (χ0n) is 17.3. The van der Waals surface area contributed by atoms with Crippen LogP contribution in [0.3, 0.4) is 0 Å².